The summed E-state index contributed by atoms with van der Waals surface area (Å²) < 4.78 is 0. The van der Waals surface area contributed by atoms with Crippen LogP contribution in [0.15, 0.2) is 0 Å². The second-order valence-electron chi connectivity index (χ2n) is 1.16. The van der Waals surface area contributed by atoms with Gasteiger partial charge in [-0.3, -0.25) is 0 Å². The quantitative estimate of drug-likeness (QED) is 0.563. The van der Waals surface area contributed by atoms with Crippen molar-refractivity contribution in [2.75, 3.05) is 6.61 Å². The Morgan fingerprint density at radius 2 is 2.43 bits per heavy atom. The van der Waals surface area contributed by atoms with Crippen LogP contribution < -0.4 is 0 Å². The Hall–Kier alpha value is -0.0305. The number of aliphatic hydroxyl groups is 1. The summed E-state index contributed by atoms with van der Waals surface area (Å²) in [5, 5.41) is 16.3. The van der Waals surface area contributed by atoms with Crippen molar-refractivity contribution in [3.8, 4) is 6.07 Å². The normalized spacial score (nSPS) is 12.7. The van der Waals surface area contributed by atoms with Gasteiger partial charge >= 0.3 is 50.3 Å². The third-order valence-corrected chi connectivity index (χ3v) is 1.34. The van der Waals surface area contributed by atoms with Gasteiger partial charge in [0.15, 0.2) is 0 Å². The summed E-state index contributed by atoms with van der Waals surface area (Å²) in [4.78, 5) is -0.0579. The van der Waals surface area contributed by atoms with Crippen LogP contribution >= 0.6 is 0 Å². The van der Waals surface area contributed by atoms with Gasteiger partial charge in [-0.1, -0.05) is 0 Å². The molecule has 0 saturated heterocycles. The van der Waals surface area contributed by atoms with E-state index in [1.54, 1.807) is 0 Å². The summed E-state index contributed by atoms with van der Waals surface area (Å²) in [5.41, 5.74) is 0. The molecule has 40 valence electrons. The van der Waals surface area contributed by atoms with E-state index in [0.717, 1.165) is 0 Å². The zero-order valence-electron chi connectivity index (χ0n) is 3.83. The Labute approximate surface area is 51.0 Å². The Morgan fingerprint density at radius 3 is 2.57 bits per heavy atom. The number of hydrogen-bond donors (Lipinski definition) is 1. The number of nitrogens with zero attached hydrogens (tertiary/aromatic N) is 1. The van der Waals surface area contributed by atoms with Gasteiger partial charge in [-0.2, -0.15) is 0 Å². The number of nitriles is 1. The van der Waals surface area contributed by atoms with Crippen LogP contribution in [0.25, 0.3) is 0 Å². The van der Waals surface area contributed by atoms with Gasteiger partial charge in [-0.15, -0.1) is 0 Å². The fourth-order valence-corrected chi connectivity index (χ4v) is 0.429. The molecule has 0 bridgehead atoms. The molecule has 2 nitrogen and oxygen atoms in total. The van der Waals surface area contributed by atoms with Crippen molar-refractivity contribution in [2.45, 2.75) is 11.2 Å². The van der Waals surface area contributed by atoms with Crippen molar-refractivity contribution in [1.82, 2.24) is 0 Å². The molecule has 1 unspecified atom stereocenters. The predicted molar refractivity (Wildman–Crippen MR) is 28.2 cm³/mol. The van der Waals surface area contributed by atoms with Gasteiger partial charge in [0.1, 0.15) is 0 Å². The monoisotopic (exact) mass is 165 g/mol. The van der Waals surface area contributed by atoms with E-state index in [1.165, 1.54) is 0 Å². The van der Waals surface area contributed by atoms with E-state index >= 15 is 0 Å². The molecule has 3 heteroatoms. The van der Waals surface area contributed by atoms with Crippen molar-refractivity contribution >= 4 is 16.0 Å². The van der Waals surface area contributed by atoms with Crippen molar-refractivity contribution in [2.24, 2.45) is 0 Å². The van der Waals surface area contributed by atoms with Gasteiger partial charge in [0.2, 0.25) is 0 Å². The molecule has 0 aromatic carbocycles. The first-order chi connectivity index (χ1) is 3.31. The summed E-state index contributed by atoms with van der Waals surface area (Å²) in [6, 6.07) is 1.98. The van der Waals surface area contributed by atoms with E-state index in [9.17, 15) is 0 Å². The van der Waals surface area contributed by atoms with Crippen molar-refractivity contribution in [3.05, 3.63) is 0 Å². The van der Waals surface area contributed by atoms with Crippen LogP contribution in [0.1, 0.15) is 6.42 Å². The molecule has 0 amide bonds. The van der Waals surface area contributed by atoms with Gasteiger partial charge in [-0.05, 0) is 0 Å². The van der Waals surface area contributed by atoms with Crippen LogP contribution in [0.2, 0.25) is 4.82 Å². The maximum atomic E-state index is 8.21. The summed E-state index contributed by atoms with van der Waals surface area (Å²) in [6.07, 6.45) is 0.566. The van der Waals surface area contributed by atoms with Crippen LogP contribution in [0.5, 0.6) is 0 Å². The summed E-state index contributed by atoms with van der Waals surface area (Å²) in [6.45, 7) is 0.104. The minimum atomic E-state index is -0.0579. The third kappa shape index (κ3) is 3.81. The minimum absolute atomic E-state index is 0.0579. The summed E-state index contributed by atoms with van der Waals surface area (Å²) in [5.74, 6) is 0. The average Bonchev–Trinajstić information content (AvgIpc) is 1.68. The zero-order chi connectivity index (χ0) is 5.70. The molecule has 7 heavy (non-hydrogen) atoms. The van der Waals surface area contributed by atoms with Crippen LogP contribution in [-0.4, -0.2) is 27.7 Å². The van der Waals surface area contributed by atoms with E-state index in [1.807, 2.05) is 6.07 Å². The fourth-order valence-electron chi connectivity index (χ4n) is 0.187. The van der Waals surface area contributed by atoms with E-state index in [2.05, 4.69) is 16.0 Å². The van der Waals surface area contributed by atoms with Crippen LogP contribution in [0, 0.1) is 11.3 Å². The molecule has 1 N–H and O–H groups in total. The molecule has 0 radical (unpaired) electrons. The SMILES string of the molecule is N#CC([SeH])CCO. The van der Waals surface area contributed by atoms with Gasteiger partial charge in [0, 0.05) is 0 Å². The van der Waals surface area contributed by atoms with Crippen molar-refractivity contribution < 1.29 is 5.11 Å². The molecular weight excluding hydrogens is 157 g/mol. The van der Waals surface area contributed by atoms with E-state index < -0.39 is 0 Å². The topological polar surface area (TPSA) is 44.0 Å². The number of hydrogen-bond acceptors (Lipinski definition) is 2. The van der Waals surface area contributed by atoms with Crippen molar-refractivity contribution in [1.29, 1.82) is 5.26 Å². The molecule has 0 aliphatic rings. The molecule has 0 aliphatic carbocycles. The average molecular weight is 164 g/mol. The Balaban J connectivity index is 3.04. The van der Waals surface area contributed by atoms with Gasteiger partial charge in [-0.25, -0.2) is 0 Å². The molecule has 0 spiro atoms. The number of rotatable bonds is 2. The first kappa shape index (κ1) is 6.97. The van der Waals surface area contributed by atoms with E-state index in [4.69, 9.17) is 10.4 Å². The second-order valence-corrected chi connectivity index (χ2v) is 2.47. The van der Waals surface area contributed by atoms with Crippen LogP contribution in [0.4, 0.5) is 0 Å². The zero-order valence-corrected chi connectivity index (χ0v) is 5.71. The number of aliphatic hydroxyl groups excluding tert-OH is 1. The van der Waals surface area contributed by atoms with Gasteiger partial charge < -0.3 is 0 Å². The first-order valence-corrected chi connectivity index (χ1v) is 3.08. The van der Waals surface area contributed by atoms with Crippen LogP contribution in [0.3, 0.4) is 0 Å². The van der Waals surface area contributed by atoms with Crippen LogP contribution in [-0.2, 0) is 0 Å². The Morgan fingerprint density at radius 1 is 1.86 bits per heavy atom. The molecule has 0 fully saturated rings. The predicted octanol–water partition coefficient (Wildman–Crippen LogP) is -0.418. The molecular formula is C4H7NOSe. The molecule has 1 atom stereocenters. The van der Waals surface area contributed by atoms with Gasteiger partial charge in [0.05, 0.1) is 0 Å². The third-order valence-electron chi connectivity index (χ3n) is 0.552. The van der Waals surface area contributed by atoms with E-state index in [0.29, 0.717) is 6.42 Å². The Bertz CT molecular complexity index is 78.2. The van der Waals surface area contributed by atoms with Gasteiger partial charge in [0.25, 0.3) is 0 Å². The standard InChI is InChI=1S/C4H7NOSe/c5-3-4(7)1-2-6/h4,6-7H,1-2H2. The molecule has 0 saturated carbocycles. The summed E-state index contributed by atoms with van der Waals surface area (Å²) >= 11 is 2.20. The molecule has 0 aliphatic heterocycles. The second kappa shape index (κ2) is 4.14. The molecule has 0 heterocycles. The summed E-state index contributed by atoms with van der Waals surface area (Å²) in [7, 11) is 0. The molecule has 0 aromatic heterocycles. The fraction of sp³-hybridized carbons (Fsp3) is 0.750. The molecule has 0 aromatic rings. The maximum absolute atomic E-state index is 8.21. The van der Waals surface area contributed by atoms with E-state index in [-0.39, 0.29) is 11.4 Å². The Kier molecular flexibility index (Phi) is 4.12. The first-order valence-electron chi connectivity index (χ1n) is 1.99. The molecule has 0 rings (SSSR count). The van der Waals surface area contributed by atoms with Crippen molar-refractivity contribution in [3.63, 3.8) is 0 Å².